The number of aromatic nitrogens is 3. The van der Waals surface area contributed by atoms with E-state index >= 15 is 0 Å². The minimum atomic E-state index is -1.53. The molecular formula is C16H18FN5O4. The molecule has 2 aromatic rings. The maximum atomic E-state index is 14.2. The van der Waals surface area contributed by atoms with Crippen molar-refractivity contribution >= 4 is 12.0 Å². The van der Waals surface area contributed by atoms with Crippen molar-refractivity contribution in [2.75, 3.05) is 13.1 Å². The summed E-state index contributed by atoms with van der Waals surface area (Å²) in [5.41, 5.74) is 6.77. The number of halogens is 1. The first kappa shape index (κ1) is 17.6. The van der Waals surface area contributed by atoms with Crippen LogP contribution >= 0.6 is 0 Å². The van der Waals surface area contributed by atoms with Crippen molar-refractivity contribution in [3.05, 3.63) is 36.0 Å². The van der Waals surface area contributed by atoms with Gasteiger partial charge in [-0.15, -0.1) is 0 Å². The molecule has 2 atom stereocenters. The molecule has 3 heterocycles. The lowest BCUT2D eigenvalue weighted by atomic mass is 10.1. The molecule has 3 N–H and O–H groups in total. The van der Waals surface area contributed by atoms with Gasteiger partial charge in [0.25, 0.3) is 5.91 Å². The molecule has 0 unspecified atom stereocenters. The Morgan fingerprint density at radius 3 is 2.77 bits per heavy atom. The topological polar surface area (TPSA) is 124 Å². The Morgan fingerprint density at radius 2 is 2.19 bits per heavy atom. The van der Waals surface area contributed by atoms with Crippen LogP contribution in [0.4, 0.5) is 9.18 Å². The van der Waals surface area contributed by atoms with Crippen molar-refractivity contribution in [2.45, 2.75) is 25.6 Å². The molecule has 2 amide bonds. The predicted molar refractivity (Wildman–Crippen MR) is 88.1 cm³/mol. The lowest BCUT2D eigenvalue weighted by Crippen LogP contribution is -2.49. The van der Waals surface area contributed by atoms with Crippen LogP contribution in [0.25, 0.3) is 5.69 Å². The maximum Gasteiger partial charge on any atom is 0.407 e. The molecule has 0 saturated carbocycles. The first-order chi connectivity index (χ1) is 12.3. The highest BCUT2D eigenvalue weighted by Crippen LogP contribution is 2.24. The van der Waals surface area contributed by atoms with E-state index in [1.165, 1.54) is 12.3 Å². The first-order valence-corrected chi connectivity index (χ1v) is 7.94. The van der Waals surface area contributed by atoms with Gasteiger partial charge < -0.3 is 25.0 Å². The quantitative estimate of drug-likeness (QED) is 0.840. The lowest BCUT2D eigenvalue weighted by Gasteiger charge is -2.33. The zero-order valence-electron chi connectivity index (χ0n) is 14.0. The summed E-state index contributed by atoms with van der Waals surface area (Å²) in [6, 6.07) is 1.49. The van der Waals surface area contributed by atoms with E-state index in [1.54, 1.807) is 17.1 Å². The first-order valence-electron chi connectivity index (χ1n) is 7.94. The van der Waals surface area contributed by atoms with Crippen LogP contribution in [-0.2, 0) is 0 Å². The highest BCUT2D eigenvalue weighted by molar-refractivity contribution is 5.95. The Hall–Kier alpha value is -3.17. The average molecular weight is 363 g/mol. The number of amides is 2. The van der Waals surface area contributed by atoms with Gasteiger partial charge in [-0.1, -0.05) is 0 Å². The Kier molecular flexibility index (Phi) is 4.74. The van der Waals surface area contributed by atoms with Gasteiger partial charge >= 0.3 is 6.09 Å². The Labute approximate surface area is 148 Å². The highest BCUT2D eigenvalue weighted by Gasteiger charge is 2.34. The number of aryl methyl sites for hydroxylation is 1. The molecule has 1 aliphatic heterocycles. The van der Waals surface area contributed by atoms with Gasteiger partial charge in [0, 0.05) is 19.2 Å². The van der Waals surface area contributed by atoms with Crippen LogP contribution in [0.2, 0.25) is 0 Å². The summed E-state index contributed by atoms with van der Waals surface area (Å²) in [5.74, 6) is -0.834. The van der Waals surface area contributed by atoms with Crippen LogP contribution in [0, 0.1) is 6.92 Å². The molecule has 0 aromatic carbocycles. The van der Waals surface area contributed by atoms with Gasteiger partial charge in [-0.05, 0) is 13.0 Å². The van der Waals surface area contributed by atoms with E-state index in [1.807, 2.05) is 6.92 Å². The summed E-state index contributed by atoms with van der Waals surface area (Å²) in [7, 11) is 0. The molecule has 10 heteroatoms. The number of hydrogen-bond donors (Lipinski definition) is 2. The number of carbonyl (C=O) groups excluding carboxylic acids is 1. The number of carbonyl (C=O) groups is 2. The molecule has 0 bridgehead atoms. The maximum absolute atomic E-state index is 14.2. The number of ether oxygens (including phenoxy) is 1. The van der Waals surface area contributed by atoms with E-state index in [9.17, 15) is 14.0 Å². The van der Waals surface area contributed by atoms with Gasteiger partial charge in [0.2, 0.25) is 5.88 Å². The molecule has 26 heavy (non-hydrogen) atoms. The van der Waals surface area contributed by atoms with Crippen molar-refractivity contribution in [1.29, 1.82) is 0 Å². The molecule has 1 saturated heterocycles. The zero-order chi connectivity index (χ0) is 18.8. The van der Waals surface area contributed by atoms with Crippen molar-refractivity contribution < 1.29 is 23.8 Å². The van der Waals surface area contributed by atoms with Gasteiger partial charge in [-0.2, -0.15) is 0 Å². The minimum absolute atomic E-state index is 0.0155. The normalized spacial score (nSPS) is 20.0. The molecule has 138 valence electrons. The number of nitrogens with zero attached hydrogens (tertiary/aromatic N) is 4. The lowest BCUT2D eigenvalue weighted by molar-refractivity contribution is 0.0222. The second kappa shape index (κ2) is 6.98. The number of likely N-dealkylation sites (tertiary alicyclic amines) is 1. The van der Waals surface area contributed by atoms with E-state index in [0.717, 1.165) is 10.6 Å². The van der Waals surface area contributed by atoms with E-state index in [0.29, 0.717) is 5.69 Å². The number of nitrogens with two attached hydrogens (primary N) is 1. The second-order valence-electron chi connectivity index (χ2n) is 6.02. The van der Waals surface area contributed by atoms with Crippen LogP contribution in [0.15, 0.2) is 24.8 Å². The number of rotatable bonds is 4. The van der Waals surface area contributed by atoms with Gasteiger partial charge in [-0.3, -0.25) is 4.79 Å². The number of imidazole rings is 1. The SMILES string of the molecule is Cc1cn(-c2cnc(O[C@@H]3CCN(C(=O)O)C[C@@H]3F)c(C(N)=O)c2)cn1. The monoisotopic (exact) mass is 363 g/mol. The number of carboxylic acid groups (broad SMARTS) is 1. The fourth-order valence-corrected chi connectivity index (χ4v) is 2.75. The second-order valence-corrected chi connectivity index (χ2v) is 6.02. The smallest absolute Gasteiger partial charge is 0.407 e. The van der Waals surface area contributed by atoms with Crippen molar-refractivity contribution in [3.63, 3.8) is 0 Å². The Bertz CT molecular complexity index is 840. The number of alkyl halides is 1. The zero-order valence-corrected chi connectivity index (χ0v) is 14.0. The van der Waals surface area contributed by atoms with Gasteiger partial charge in [0.1, 0.15) is 11.7 Å². The van der Waals surface area contributed by atoms with Crippen LogP contribution in [0.3, 0.4) is 0 Å². The summed E-state index contributed by atoms with van der Waals surface area (Å²) in [5, 5.41) is 8.93. The van der Waals surface area contributed by atoms with E-state index < -0.39 is 24.3 Å². The van der Waals surface area contributed by atoms with E-state index in [-0.39, 0.29) is 31.0 Å². The summed E-state index contributed by atoms with van der Waals surface area (Å²) >= 11 is 0. The van der Waals surface area contributed by atoms with Gasteiger partial charge in [0.15, 0.2) is 6.17 Å². The van der Waals surface area contributed by atoms with Crippen LogP contribution in [-0.4, -0.2) is 61.9 Å². The van der Waals surface area contributed by atoms with Gasteiger partial charge in [0.05, 0.1) is 30.5 Å². The molecule has 0 spiro atoms. The van der Waals surface area contributed by atoms with Crippen molar-refractivity contribution in [1.82, 2.24) is 19.4 Å². The fourth-order valence-electron chi connectivity index (χ4n) is 2.75. The van der Waals surface area contributed by atoms with Crippen molar-refractivity contribution in [3.8, 4) is 11.6 Å². The Balaban J connectivity index is 1.81. The predicted octanol–water partition coefficient (Wildman–Crippen LogP) is 1.14. The van der Waals surface area contributed by atoms with E-state index in [4.69, 9.17) is 15.6 Å². The molecule has 3 rings (SSSR count). The average Bonchev–Trinajstić information content (AvgIpc) is 3.03. The molecular weight excluding hydrogens is 345 g/mol. The highest BCUT2D eigenvalue weighted by atomic mass is 19.1. The van der Waals surface area contributed by atoms with Crippen LogP contribution in [0.1, 0.15) is 22.5 Å². The summed E-state index contributed by atoms with van der Waals surface area (Å²) in [4.78, 5) is 31.9. The van der Waals surface area contributed by atoms with Crippen LogP contribution in [0.5, 0.6) is 5.88 Å². The molecule has 0 aliphatic carbocycles. The number of pyridine rings is 1. The molecule has 1 fully saturated rings. The van der Waals surface area contributed by atoms with E-state index in [2.05, 4.69) is 9.97 Å². The largest absolute Gasteiger partial charge is 0.471 e. The van der Waals surface area contributed by atoms with Gasteiger partial charge in [-0.25, -0.2) is 19.2 Å². The molecule has 1 aliphatic rings. The number of hydrogen-bond acceptors (Lipinski definition) is 5. The fraction of sp³-hybridized carbons (Fsp3) is 0.375. The third kappa shape index (κ3) is 3.58. The van der Waals surface area contributed by atoms with Crippen LogP contribution < -0.4 is 10.5 Å². The number of piperidine rings is 1. The third-order valence-electron chi connectivity index (χ3n) is 4.13. The molecule has 2 aromatic heterocycles. The standard InChI is InChI=1S/C16H18FN5O4/c1-9-6-22(8-20-9)10-4-11(14(18)23)15(19-5-10)26-13-2-3-21(16(24)25)7-12(13)17/h4-6,8,12-13H,2-3,7H2,1H3,(H2,18,23)(H,24,25)/t12-,13+/m0/s1. The summed E-state index contributed by atoms with van der Waals surface area (Å²) in [6.07, 6.45) is 1.31. The summed E-state index contributed by atoms with van der Waals surface area (Å²) < 4.78 is 21.5. The summed E-state index contributed by atoms with van der Waals surface area (Å²) in [6.45, 7) is 1.66. The third-order valence-corrected chi connectivity index (χ3v) is 4.13. The Morgan fingerprint density at radius 1 is 1.42 bits per heavy atom. The van der Waals surface area contributed by atoms with Crippen molar-refractivity contribution in [2.24, 2.45) is 5.73 Å². The minimum Gasteiger partial charge on any atom is -0.471 e. The molecule has 9 nitrogen and oxygen atoms in total. The molecule has 0 radical (unpaired) electrons. The number of primary amides is 1.